The SMILES string of the molecule is CS(=O)(=O)Cc1ccc(C(=O)NC(Cc2ncc[nH]2)c2ccccc2)cc1. The molecule has 1 unspecified atom stereocenters. The van der Waals surface area contributed by atoms with Crippen molar-refractivity contribution >= 4 is 15.7 Å². The van der Waals surface area contributed by atoms with Crippen molar-refractivity contribution in [3.05, 3.63) is 89.5 Å². The largest absolute Gasteiger partial charge is 0.349 e. The monoisotopic (exact) mass is 383 g/mol. The van der Waals surface area contributed by atoms with Crippen molar-refractivity contribution in [2.45, 2.75) is 18.2 Å². The highest BCUT2D eigenvalue weighted by Gasteiger charge is 2.17. The molecule has 0 aliphatic carbocycles. The number of carbonyl (C=O) groups excluding carboxylic acids is 1. The summed E-state index contributed by atoms with van der Waals surface area (Å²) in [7, 11) is -3.11. The number of hydrogen-bond donors (Lipinski definition) is 2. The molecule has 1 atom stereocenters. The fourth-order valence-corrected chi connectivity index (χ4v) is 3.64. The van der Waals surface area contributed by atoms with Crippen LogP contribution in [0.15, 0.2) is 67.0 Å². The Morgan fingerprint density at radius 2 is 1.81 bits per heavy atom. The van der Waals surface area contributed by atoms with E-state index in [1.807, 2.05) is 30.3 Å². The van der Waals surface area contributed by atoms with Gasteiger partial charge >= 0.3 is 0 Å². The van der Waals surface area contributed by atoms with E-state index in [0.29, 0.717) is 17.5 Å². The first kappa shape index (κ1) is 18.8. The molecule has 140 valence electrons. The number of nitrogens with zero attached hydrogens (tertiary/aromatic N) is 1. The van der Waals surface area contributed by atoms with Gasteiger partial charge in [0.2, 0.25) is 0 Å². The first-order valence-electron chi connectivity index (χ1n) is 8.51. The molecule has 3 aromatic rings. The molecule has 27 heavy (non-hydrogen) atoms. The maximum atomic E-state index is 12.7. The van der Waals surface area contributed by atoms with Crippen molar-refractivity contribution in [1.82, 2.24) is 15.3 Å². The summed E-state index contributed by atoms with van der Waals surface area (Å²) in [5.74, 6) is 0.522. The van der Waals surface area contributed by atoms with Crippen LogP contribution in [0.3, 0.4) is 0 Å². The molecule has 0 aliphatic rings. The van der Waals surface area contributed by atoms with Crippen molar-refractivity contribution in [2.24, 2.45) is 0 Å². The zero-order valence-electron chi connectivity index (χ0n) is 14.9. The molecule has 1 aromatic heterocycles. The number of sulfone groups is 1. The summed E-state index contributed by atoms with van der Waals surface area (Å²) in [6, 6.07) is 16.1. The van der Waals surface area contributed by atoms with Crippen molar-refractivity contribution in [3.63, 3.8) is 0 Å². The highest BCUT2D eigenvalue weighted by molar-refractivity contribution is 7.89. The molecule has 0 saturated carbocycles. The predicted molar refractivity (Wildman–Crippen MR) is 104 cm³/mol. The zero-order chi connectivity index (χ0) is 19.3. The van der Waals surface area contributed by atoms with E-state index >= 15 is 0 Å². The number of rotatable bonds is 7. The molecule has 0 saturated heterocycles. The van der Waals surface area contributed by atoms with Crippen LogP contribution in [-0.4, -0.2) is 30.5 Å². The van der Waals surface area contributed by atoms with Crippen LogP contribution in [0.25, 0.3) is 0 Å². The molecule has 7 heteroatoms. The van der Waals surface area contributed by atoms with Crippen molar-refractivity contribution in [1.29, 1.82) is 0 Å². The van der Waals surface area contributed by atoms with E-state index in [1.54, 1.807) is 36.7 Å². The van der Waals surface area contributed by atoms with Gasteiger partial charge in [-0.25, -0.2) is 13.4 Å². The number of aromatic amines is 1. The first-order chi connectivity index (χ1) is 12.9. The predicted octanol–water partition coefficient (Wildman–Crippen LogP) is 2.67. The smallest absolute Gasteiger partial charge is 0.251 e. The number of benzene rings is 2. The summed E-state index contributed by atoms with van der Waals surface area (Å²) in [4.78, 5) is 20.0. The van der Waals surface area contributed by atoms with Crippen LogP contribution >= 0.6 is 0 Å². The lowest BCUT2D eigenvalue weighted by atomic mass is 10.0. The molecule has 1 heterocycles. The van der Waals surface area contributed by atoms with Gasteiger partial charge in [-0.2, -0.15) is 0 Å². The Morgan fingerprint density at radius 3 is 2.41 bits per heavy atom. The fraction of sp³-hybridized carbons (Fsp3) is 0.200. The Hall–Kier alpha value is -2.93. The number of amides is 1. The van der Waals surface area contributed by atoms with Gasteiger partial charge in [0.1, 0.15) is 5.82 Å². The number of aromatic nitrogens is 2. The van der Waals surface area contributed by atoms with Gasteiger partial charge < -0.3 is 10.3 Å². The Morgan fingerprint density at radius 1 is 1.11 bits per heavy atom. The van der Waals surface area contributed by atoms with Crippen LogP contribution < -0.4 is 5.32 Å². The Labute approximate surface area is 158 Å². The Bertz CT molecular complexity index is 983. The highest BCUT2D eigenvalue weighted by atomic mass is 32.2. The van der Waals surface area contributed by atoms with Gasteiger partial charge in [0, 0.05) is 30.6 Å². The van der Waals surface area contributed by atoms with Gasteiger partial charge in [-0.05, 0) is 23.3 Å². The number of H-pyrrole nitrogens is 1. The minimum atomic E-state index is -3.11. The third kappa shape index (κ3) is 5.52. The lowest BCUT2D eigenvalue weighted by Crippen LogP contribution is -2.30. The lowest BCUT2D eigenvalue weighted by Gasteiger charge is -2.18. The second-order valence-electron chi connectivity index (χ2n) is 6.44. The van der Waals surface area contributed by atoms with E-state index < -0.39 is 9.84 Å². The van der Waals surface area contributed by atoms with Gasteiger partial charge in [-0.3, -0.25) is 4.79 Å². The number of nitrogens with one attached hydrogen (secondary N) is 2. The summed E-state index contributed by atoms with van der Waals surface area (Å²) in [5.41, 5.74) is 2.12. The number of hydrogen-bond acceptors (Lipinski definition) is 4. The van der Waals surface area contributed by atoms with E-state index in [0.717, 1.165) is 11.4 Å². The molecule has 0 fully saturated rings. The van der Waals surface area contributed by atoms with E-state index in [2.05, 4.69) is 15.3 Å². The average Bonchev–Trinajstić information content (AvgIpc) is 3.14. The summed E-state index contributed by atoms with van der Waals surface area (Å²) in [5, 5.41) is 3.04. The van der Waals surface area contributed by atoms with Crippen LogP contribution in [0.5, 0.6) is 0 Å². The number of imidazole rings is 1. The summed E-state index contributed by atoms with van der Waals surface area (Å²) in [6.45, 7) is 0. The third-order valence-corrected chi connectivity index (χ3v) is 4.96. The minimum Gasteiger partial charge on any atom is -0.349 e. The normalized spacial score (nSPS) is 12.5. The van der Waals surface area contributed by atoms with E-state index in [1.165, 1.54) is 6.26 Å². The Kier molecular flexibility index (Phi) is 5.71. The fourth-order valence-electron chi connectivity index (χ4n) is 2.84. The second kappa shape index (κ2) is 8.18. The molecule has 0 bridgehead atoms. The summed E-state index contributed by atoms with van der Waals surface area (Å²) >= 11 is 0. The molecular formula is C20H21N3O3S. The van der Waals surface area contributed by atoms with Crippen LogP contribution in [0.4, 0.5) is 0 Å². The zero-order valence-corrected chi connectivity index (χ0v) is 15.7. The number of carbonyl (C=O) groups is 1. The molecule has 2 N–H and O–H groups in total. The van der Waals surface area contributed by atoms with Crippen LogP contribution in [0.2, 0.25) is 0 Å². The highest BCUT2D eigenvalue weighted by Crippen LogP contribution is 2.18. The van der Waals surface area contributed by atoms with Gasteiger partial charge in [0.25, 0.3) is 5.91 Å². The van der Waals surface area contributed by atoms with Crippen LogP contribution in [0.1, 0.15) is 33.4 Å². The van der Waals surface area contributed by atoms with Crippen LogP contribution in [0, 0.1) is 0 Å². The average molecular weight is 383 g/mol. The molecule has 3 rings (SSSR count). The van der Waals surface area contributed by atoms with Gasteiger partial charge in [-0.1, -0.05) is 42.5 Å². The Balaban J connectivity index is 1.76. The molecule has 1 amide bonds. The first-order valence-corrected chi connectivity index (χ1v) is 10.6. The molecule has 0 aliphatic heterocycles. The van der Waals surface area contributed by atoms with Gasteiger partial charge in [0.05, 0.1) is 11.8 Å². The van der Waals surface area contributed by atoms with Crippen molar-refractivity contribution in [2.75, 3.05) is 6.26 Å². The molecular weight excluding hydrogens is 362 g/mol. The van der Waals surface area contributed by atoms with Crippen molar-refractivity contribution in [3.8, 4) is 0 Å². The minimum absolute atomic E-state index is 0.0416. The molecule has 2 aromatic carbocycles. The maximum Gasteiger partial charge on any atom is 0.251 e. The maximum absolute atomic E-state index is 12.7. The lowest BCUT2D eigenvalue weighted by molar-refractivity contribution is 0.0936. The van der Waals surface area contributed by atoms with E-state index in [4.69, 9.17) is 0 Å². The topological polar surface area (TPSA) is 91.9 Å². The molecule has 0 radical (unpaired) electrons. The van der Waals surface area contributed by atoms with Gasteiger partial charge in [0.15, 0.2) is 9.84 Å². The molecule has 6 nitrogen and oxygen atoms in total. The van der Waals surface area contributed by atoms with E-state index in [-0.39, 0.29) is 17.7 Å². The van der Waals surface area contributed by atoms with Gasteiger partial charge in [-0.15, -0.1) is 0 Å². The van der Waals surface area contributed by atoms with E-state index in [9.17, 15) is 13.2 Å². The van der Waals surface area contributed by atoms with Crippen molar-refractivity contribution < 1.29 is 13.2 Å². The standard InChI is InChI=1S/C20H21N3O3S/c1-27(25,26)14-15-7-9-17(10-8-15)20(24)23-18(13-19-21-11-12-22-19)16-5-3-2-4-6-16/h2-12,18H,13-14H2,1H3,(H,21,22)(H,23,24). The second-order valence-corrected chi connectivity index (χ2v) is 8.58. The third-order valence-electron chi connectivity index (χ3n) is 4.10. The van der Waals surface area contributed by atoms with Crippen LogP contribution in [-0.2, 0) is 22.0 Å². The summed E-state index contributed by atoms with van der Waals surface area (Å²) < 4.78 is 22.8. The molecule has 0 spiro atoms. The summed E-state index contributed by atoms with van der Waals surface area (Å²) in [6.07, 6.45) is 5.15. The quantitative estimate of drug-likeness (QED) is 0.656.